The summed E-state index contributed by atoms with van der Waals surface area (Å²) in [6.45, 7) is 2.18. The molecule has 19 heavy (non-hydrogen) atoms. The molecule has 2 atom stereocenters. The molecule has 1 aromatic carbocycles. The molecule has 0 radical (unpaired) electrons. The van der Waals surface area contributed by atoms with Crippen LogP contribution in [-0.2, 0) is 4.79 Å². The van der Waals surface area contributed by atoms with Crippen LogP contribution in [0.15, 0.2) is 18.2 Å². The Kier molecular flexibility index (Phi) is 4.94. The summed E-state index contributed by atoms with van der Waals surface area (Å²) in [6, 6.07) is 5.22. The van der Waals surface area contributed by atoms with E-state index < -0.39 is 0 Å². The molecule has 1 aromatic rings. The van der Waals surface area contributed by atoms with Gasteiger partial charge < -0.3 is 10.1 Å². The van der Waals surface area contributed by atoms with Crippen LogP contribution in [0.1, 0.15) is 26.2 Å². The first-order valence-corrected chi connectivity index (χ1v) is 7.17. The highest BCUT2D eigenvalue weighted by atomic mass is 35.5. The van der Waals surface area contributed by atoms with Crippen molar-refractivity contribution in [1.29, 1.82) is 0 Å². The van der Waals surface area contributed by atoms with Gasteiger partial charge in [-0.25, -0.2) is 0 Å². The molecule has 1 fully saturated rings. The van der Waals surface area contributed by atoms with Crippen LogP contribution < -0.4 is 10.1 Å². The predicted octanol–water partition coefficient (Wildman–Crippen LogP) is 3.68. The molecule has 1 amide bonds. The van der Waals surface area contributed by atoms with Crippen LogP contribution in [0.3, 0.4) is 0 Å². The Balaban J connectivity index is 1.80. The molecule has 1 aliphatic carbocycles. The van der Waals surface area contributed by atoms with Gasteiger partial charge in [0.2, 0.25) is 0 Å². The molecule has 0 spiro atoms. The summed E-state index contributed by atoms with van der Waals surface area (Å²) >= 11 is 11.7. The quantitative estimate of drug-likeness (QED) is 0.921. The van der Waals surface area contributed by atoms with Crippen molar-refractivity contribution >= 4 is 29.1 Å². The summed E-state index contributed by atoms with van der Waals surface area (Å²) in [6.07, 6.45) is 3.27. The van der Waals surface area contributed by atoms with Gasteiger partial charge in [0.1, 0.15) is 5.75 Å². The molecule has 1 N–H and O–H groups in total. The Morgan fingerprint density at radius 3 is 2.84 bits per heavy atom. The maximum Gasteiger partial charge on any atom is 0.258 e. The van der Waals surface area contributed by atoms with Gasteiger partial charge in [0.25, 0.3) is 5.91 Å². The molecule has 0 aromatic heterocycles. The highest BCUT2D eigenvalue weighted by molar-refractivity contribution is 6.35. The Bertz CT molecular complexity index is 465. The number of amides is 1. The van der Waals surface area contributed by atoms with Crippen LogP contribution in [-0.4, -0.2) is 18.6 Å². The molecule has 0 saturated heterocycles. The Labute approximate surface area is 123 Å². The second-order valence-electron chi connectivity index (χ2n) is 5.05. The first-order valence-electron chi connectivity index (χ1n) is 6.42. The van der Waals surface area contributed by atoms with Gasteiger partial charge in [0.15, 0.2) is 6.61 Å². The predicted molar refractivity (Wildman–Crippen MR) is 76.9 cm³/mol. The number of benzene rings is 1. The first-order chi connectivity index (χ1) is 9.04. The van der Waals surface area contributed by atoms with Gasteiger partial charge in [-0.3, -0.25) is 4.79 Å². The van der Waals surface area contributed by atoms with Crippen LogP contribution in [0.4, 0.5) is 0 Å². The smallest absolute Gasteiger partial charge is 0.258 e. The highest BCUT2D eigenvalue weighted by Crippen LogP contribution is 2.27. The maximum atomic E-state index is 11.8. The summed E-state index contributed by atoms with van der Waals surface area (Å²) in [5.74, 6) is 1.06. The Morgan fingerprint density at radius 1 is 1.42 bits per heavy atom. The van der Waals surface area contributed by atoms with Crippen molar-refractivity contribution in [2.75, 3.05) is 6.61 Å². The standard InChI is InChI=1S/C14H17Cl2NO2/c1-9-2-4-11(6-9)17-14(18)8-19-13-5-3-10(15)7-12(13)16/h3,5,7,9,11H,2,4,6,8H2,1H3,(H,17,18). The van der Waals surface area contributed by atoms with Crippen molar-refractivity contribution in [3.63, 3.8) is 0 Å². The molecule has 0 heterocycles. The molecule has 0 aliphatic heterocycles. The number of hydrogen-bond donors (Lipinski definition) is 1. The van der Waals surface area contributed by atoms with E-state index in [0.29, 0.717) is 21.7 Å². The van der Waals surface area contributed by atoms with Crippen molar-refractivity contribution in [2.24, 2.45) is 5.92 Å². The fraction of sp³-hybridized carbons (Fsp3) is 0.500. The van der Waals surface area contributed by atoms with E-state index in [0.717, 1.165) is 12.8 Å². The zero-order valence-corrected chi connectivity index (χ0v) is 12.3. The van der Waals surface area contributed by atoms with Gasteiger partial charge in [-0.2, -0.15) is 0 Å². The molecule has 2 rings (SSSR count). The third-order valence-corrected chi connectivity index (χ3v) is 3.84. The van der Waals surface area contributed by atoms with Gasteiger partial charge >= 0.3 is 0 Å². The third kappa shape index (κ3) is 4.29. The summed E-state index contributed by atoms with van der Waals surface area (Å²) < 4.78 is 5.39. The lowest BCUT2D eigenvalue weighted by molar-refractivity contribution is -0.123. The summed E-state index contributed by atoms with van der Waals surface area (Å²) in [5, 5.41) is 3.93. The van der Waals surface area contributed by atoms with E-state index >= 15 is 0 Å². The van der Waals surface area contributed by atoms with Gasteiger partial charge in [-0.1, -0.05) is 30.1 Å². The van der Waals surface area contributed by atoms with Crippen LogP contribution in [0.2, 0.25) is 10.0 Å². The molecule has 5 heteroatoms. The minimum absolute atomic E-state index is 0.0216. The second kappa shape index (κ2) is 6.49. The Morgan fingerprint density at radius 2 is 2.21 bits per heavy atom. The minimum Gasteiger partial charge on any atom is -0.482 e. The fourth-order valence-electron chi connectivity index (χ4n) is 2.34. The Hall–Kier alpha value is -0.930. The van der Waals surface area contributed by atoms with E-state index in [-0.39, 0.29) is 18.6 Å². The van der Waals surface area contributed by atoms with Gasteiger partial charge in [0.05, 0.1) is 5.02 Å². The van der Waals surface area contributed by atoms with Crippen LogP contribution in [0, 0.1) is 5.92 Å². The number of hydrogen-bond acceptors (Lipinski definition) is 2. The van der Waals surface area contributed by atoms with Crippen molar-refractivity contribution in [3.8, 4) is 5.75 Å². The number of carbonyl (C=O) groups is 1. The van der Waals surface area contributed by atoms with Gasteiger partial charge in [-0.05, 0) is 43.4 Å². The largest absolute Gasteiger partial charge is 0.482 e. The average molecular weight is 302 g/mol. The minimum atomic E-state index is -0.106. The number of ether oxygens (including phenoxy) is 1. The van der Waals surface area contributed by atoms with Crippen molar-refractivity contribution in [3.05, 3.63) is 28.2 Å². The number of rotatable bonds is 4. The van der Waals surface area contributed by atoms with Crippen molar-refractivity contribution < 1.29 is 9.53 Å². The topological polar surface area (TPSA) is 38.3 Å². The molecular weight excluding hydrogens is 285 g/mol. The summed E-state index contributed by atoms with van der Waals surface area (Å²) in [5.41, 5.74) is 0. The lowest BCUT2D eigenvalue weighted by Gasteiger charge is -2.13. The van der Waals surface area contributed by atoms with E-state index in [1.807, 2.05) is 0 Å². The number of carbonyl (C=O) groups excluding carboxylic acids is 1. The number of halogens is 2. The zero-order valence-electron chi connectivity index (χ0n) is 10.8. The van der Waals surface area contributed by atoms with Crippen molar-refractivity contribution in [2.45, 2.75) is 32.2 Å². The van der Waals surface area contributed by atoms with Gasteiger partial charge in [-0.15, -0.1) is 0 Å². The first kappa shape index (κ1) is 14.5. The molecule has 104 valence electrons. The summed E-state index contributed by atoms with van der Waals surface area (Å²) in [7, 11) is 0. The number of nitrogens with one attached hydrogen (secondary N) is 1. The van der Waals surface area contributed by atoms with E-state index in [1.165, 1.54) is 6.42 Å². The normalized spacial score (nSPS) is 22.3. The highest BCUT2D eigenvalue weighted by Gasteiger charge is 2.22. The van der Waals surface area contributed by atoms with Gasteiger partial charge in [0, 0.05) is 11.1 Å². The fourth-order valence-corrected chi connectivity index (χ4v) is 2.81. The SMILES string of the molecule is CC1CCC(NC(=O)COc2ccc(Cl)cc2Cl)C1. The molecule has 2 unspecified atom stereocenters. The molecular formula is C14H17Cl2NO2. The lowest BCUT2D eigenvalue weighted by Crippen LogP contribution is -2.36. The monoisotopic (exact) mass is 301 g/mol. The lowest BCUT2D eigenvalue weighted by atomic mass is 10.1. The third-order valence-electron chi connectivity index (χ3n) is 3.31. The van der Waals surface area contributed by atoms with Crippen LogP contribution in [0.25, 0.3) is 0 Å². The summed E-state index contributed by atoms with van der Waals surface area (Å²) in [4.78, 5) is 11.8. The second-order valence-corrected chi connectivity index (χ2v) is 5.89. The molecule has 3 nitrogen and oxygen atoms in total. The van der Waals surface area contributed by atoms with Crippen LogP contribution >= 0.6 is 23.2 Å². The van der Waals surface area contributed by atoms with E-state index in [2.05, 4.69) is 12.2 Å². The average Bonchev–Trinajstić information content (AvgIpc) is 2.73. The molecule has 1 aliphatic rings. The van der Waals surface area contributed by atoms with E-state index in [9.17, 15) is 4.79 Å². The van der Waals surface area contributed by atoms with E-state index in [4.69, 9.17) is 27.9 Å². The molecule has 1 saturated carbocycles. The zero-order chi connectivity index (χ0) is 13.8. The maximum absolute atomic E-state index is 11.8. The van der Waals surface area contributed by atoms with Crippen molar-refractivity contribution in [1.82, 2.24) is 5.32 Å². The van der Waals surface area contributed by atoms with E-state index in [1.54, 1.807) is 18.2 Å². The molecule has 0 bridgehead atoms. The van der Waals surface area contributed by atoms with Crippen LogP contribution in [0.5, 0.6) is 5.75 Å².